The Bertz CT molecular complexity index is 626. The Balaban J connectivity index is 2.09. The molecule has 0 unspecified atom stereocenters. The maximum Gasteiger partial charge on any atom is 0.246 e. The Morgan fingerprint density at radius 1 is 1.22 bits per heavy atom. The van der Waals surface area contributed by atoms with Gasteiger partial charge in [0, 0.05) is 31.2 Å². The molecule has 130 valence electrons. The van der Waals surface area contributed by atoms with E-state index in [9.17, 15) is 8.42 Å². The second-order valence-corrected chi connectivity index (χ2v) is 8.57. The van der Waals surface area contributed by atoms with Crippen LogP contribution in [-0.2, 0) is 10.0 Å². The van der Waals surface area contributed by atoms with E-state index >= 15 is 0 Å². The smallest absolute Gasteiger partial charge is 0.246 e. The lowest BCUT2D eigenvalue weighted by Crippen LogP contribution is -2.48. The molecule has 23 heavy (non-hydrogen) atoms. The minimum Gasteiger partial charge on any atom is -0.495 e. The van der Waals surface area contributed by atoms with Crippen molar-refractivity contribution < 1.29 is 13.2 Å². The van der Waals surface area contributed by atoms with Crippen molar-refractivity contribution in [3.8, 4) is 5.75 Å². The van der Waals surface area contributed by atoms with Gasteiger partial charge in [0.2, 0.25) is 10.0 Å². The van der Waals surface area contributed by atoms with Crippen molar-refractivity contribution in [3.05, 3.63) is 23.2 Å². The molecule has 0 saturated carbocycles. The molecule has 1 aliphatic heterocycles. The van der Waals surface area contributed by atoms with Gasteiger partial charge in [-0.15, -0.1) is 0 Å². The van der Waals surface area contributed by atoms with E-state index < -0.39 is 10.0 Å². The summed E-state index contributed by atoms with van der Waals surface area (Å²) >= 11 is 5.97. The Kier molecular flexibility index (Phi) is 6.31. The van der Waals surface area contributed by atoms with Crippen molar-refractivity contribution in [2.45, 2.75) is 25.2 Å². The highest BCUT2D eigenvalue weighted by atomic mass is 35.5. The molecule has 0 amide bonds. The largest absolute Gasteiger partial charge is 0.495 e. The molecular formula is C16H25ClN2O3S. The second kappa shape index (κ2) is 7.83. The fraction of sp³-hybridized carbons (Fsp3) is 0.625. The number of methoxy groups -OCH3 is 1. The lowest BCUT2D eigenvalue weighted by atomic mass is 10.1. The molecular weight excluding hydrogens is 336 g/mol. The molecule has 7 heteroatoms. The SMILES string of the molecule is COc1ccc(Cl)cc1S(=O)(=O)N1CCN(CCC(C)C)CC1. The molecule has 0 atom stereocenters. The molecule has 0 aromatic heterocycles. The van der Waals surface area contributed by atoms with Crippen molar-refractivity contribution in [1.29, 1.82) is 0 Å². The van der Waals surface area contributed by atoms with Gasteiger partial charge in [-0.05, 0) is 37.1 Å². The van der Waals surface area contributed by atoms with Gasteiger partial charge >= 0.3 is 0 Å². The molecule has 5 nitrogen and oxygen atoms in total. The average molecular weight is 361 g/mol. The number of halogens is 1. The lowest BCUT2D eigenvalue weighted by Gasteiger charge is -2.34. The molecule has 1 aromatic carbocycles. The molecule has 1 aromatic rings. The van der Waals surface area contributed by atoms with E-state index in [0.29, 0.717) is 29.8 Å². The average Bonchev–Trinajstić information content (AvgIpc) is 2.53. The van der Waals surface area contributed by atoms with Crippen LogP contribution < -0.4 is 4.74 Å². The van der Waals surface area contributed by atoms with Gasteiger partial charge in [-0.1, -0.05) is 25.4 Å². The summed E-state index contributed by atoms with van der Waals surface area (Å²) in [4.78, 5) is 2.46. The number of ether oxygens (including phenoxy) is 1. The van der Waals surface area contributed by atoms with E-state index in [0.717, 1.165) is 26.1 Å². The zero-order chi connectivity index (χ0) is 17.0. The van der Waals surface area contributed by atoms with Crippen molar-refractivity contribution in [1.82, 2.24) is 9.21 Å². The molecule has 0 bridgehead atoms. The van der Waals surface area contributed by atoms with E-state index in [2.05, 4.69) is 18.7 Å². The van der Waals surface area contributed by atoms with Crippen LogP contribution in [0.1, 0.15) is 20.3 Å². The van der Waals surface area contributed by atoms with Crippen LogP contribution >= 0.6 is 11.6 Å². The minimum atomic E-state index is -3.58. The third-order valence-electron chi connectivity index (χ3n) is 4.10. The molecule has 0 radical (unpaired) electrons. The molecule has 1 heterocycles. The molecule has 2 rings (SSSR count). The van der Waals surface area contributed by atoms with Gasteiger partial charge in [0.25, 0.3) is 0 Å². The number of nitrogens with zero attached hydrogens (tertiary/aromatic N) is 2. The van der Waals surface area contributed by atoms with Gasteiger partial charge in [0.1, 0.15) is 10.6 Å². The summed E-state index contributed by atoms with van der Waals surface area (Å²) in [6.07, 6.45) is 1.13. The Labute approximate surface area is 144 Å². The third kappa shape index (κ3) is 4.59. The summed E-state index contributed by atoms with van der Waals surface area (Å²) in [6, 6.07) is 4.68. The van der Waals surface area contributed by atoms with Gasteiger partial charge in [-0.25, -0.2) is 8.42 Å². The van der Waals surface area contributed by atoms with E-state index in [1.54, 1.807) is 12.1 Å². The Morgan fingerprint density at radius 2 is 1.87 bits per heavy atom. The number of rotatable bonds is 6. The van der Waals surface area contributed by atoms with Crippen LogP contribution in [0.2, 0.25) is 5.02 Å². The first-order chi connectivity index (χ1) is 10.8. The van der Waals surface area contributed by atoms with Crippen LogP contribution in [-0.4, -0.2) is 57.5 Å². The molecule has 1 fully saturated rings. The van der Waals surface area contributed by atoms with Gasteiger partial charge in [-0.3, -0.25) is 0 Å². The first-order valence-corrected chi connectivity index (χ1v) is 9.72. The lowest BCUT2D eigenvalue weighted by molar-refractivity contribution is 0.180. The van der Waals surface area contributed by atoms with E-state index in [4.69, 9.17) is 16.3 Å². The number of hydrogen-bond donors (Lipinski definition) is 0. The number of sulfonamides is 1. The highest BCUT2D eigenvalue weighted by molar-refractivity contribution is 7.89. The molecule has 0 spiro atoms. The van der Waals surface area contributed by atoms with Crippen LogP contribution in [0, 0.1) is 5.92 Å². The second-order valence-electron chi connectivity index (χ2n) is 6.22. The fourth-order valence-electron chi connectivity index (χ4n) is 2.63. The summed E-state index contributed by atoms with van der Waals surface area (Å²) in [6.45, 7) is 7.93. The van der Waals surface area contributed by atoms with Crippen molar-refractivity contribution >= 4 is 21.6 Å². The first kappa shape index (κ1) is 18.5. The zero-order valence-electron chi connectivity index (χ0n) is 14.0. The van der Waals surface area contributed by atoms with Crippen molar-refractivity contribution in [2.75, 3.05) is 39.8 Å². The number of piperazine rings is 1. The highest BCUT2D eigenvalue weighted by Gasteiger charge is 2.30. The summed E-state index contributed by atoms with van der Waals surface area (Å²) < 4.78 is 32.4. The standard InChI is InChI=1S/C16H25ClN2O3S/c1-13(2)6-7-18-8-10-19(11-9-18)23(20,21)16-12-14(17)4-5-15(16)22-3/h4-5,12-13H,6-11H2,1-3H3. The normalized spacial score (nSPS) is 17.6. The van der Waals surface area contributed by atoms with Gasteiger partial charge in [-0.2, -0.15) is 4.31 Å². The summed E-state index contributed by atoms with van der Waals surface area (Å²) in [5.41, 5.74) is 0. The Morgan fingerprint density at radius 3 is 2.43 bits per heavy atom. The summed E-state index contributed by atoms with van der Waals surface area (Å²) in [7, 11) is -2.12. The number of benzene rings is 1. The van der Waals surface area contributed by atoms with Crippen LogP contribution in [0.3, 0.4) is 0 Å². The third-order valence-corrected chi connectivity index (χ3v) is 6.25. The van der Waals surface area contributed by atoms with Crippen LogP contribution in [0.25, 0.3) is 0 Å². The molecule has 0 aliphatic carbocycles. The zero-order valence-corrected chi connectivity index (χ0v) is 15.5. The quantitative estimate of drug-likeness (QED) is 0.782. The van der Waals surface area contributed by atoms with Gasteiger partial charge in [0.05, 0.1) is 7.11 Å². The summed E-state index contributed by atoms with van der Waals surface area (Å²) in [5, 5.41) is 0.389. The molecule has 0 N–H and O–H groups in total. The minimum absolute atomic E-state index is 0.142. The Hall–Kier alpha value is -0.820. The van der Waals surface area contributed by atoms with Crippen LogP contribution in [0.15, 0.2) is 23.1 Å². The summed E-state index contributed by atoms with van der Waals surface area (Å²) in [5.74, 6) is 0.990. The predicted octanol–water partition coefficient (Wildman–Crippen LogP) is 2.70. The van der Waals surface area contributed by atoms with E-state index in [-0.39, 0.29) is 4.90 Å². The van der Waals surface area contributed by atoms with Crippen molar-refractivity contribution in [2.24, 2.45) is 5.92 Å². The van der Waals surface area contributed by atoms with E-state index in [1.807, 2.05) is 0 Å². The van der Waals surface area contributed by atoms with E-state index in [1.165, 1.54) is 17.5 Å². The monoisotopic (exact) mass is 360 g/mol. The predicted molar refractivity (Wildman–Crippen MR) is 92.7 cm³/mol. The first-order valence-electron chi connectivity index (χ1n) is 7.90. The molecule has 1 aliphatic rings. The van der Waals surface area contributed by atoms with Gasteiger partial charge in [0.15, 0.2) is 0 Å². The maximum atomic E-state index is 12.9. The van der Waals surface area contributed by atoms with Crippen LogP contribution in [0.4, 0.5) is 0 Å². The maximum absolute atomic E-state index is 12.9. The van der Waals surface area contributed by atoms with Crippen molar-refractivity contribution in [3.63, 3.8) is 0 Å². The highest BCUT2D eigenvalue weighted by Crippen LogP contribution is 2.30. The fourth-order valence-corrected chi connectivity index (χ4v) is 4.47. The number of hydrogen-bond acceptors (Lipinski definition) is 4. The van der Waals surface area contributed by atoms with Crippen LogP contribution in [0.5, 0.6) is 5.75 Å². The van der Waals surface area contributed by atoms with Gasteiger partial charge < -0.3 is 9.64 Å². The topological polar surface area (TPSA) is 49.9 Å². The molecule has 1 saturated heterocycles.